The Morgan fingerprint density at radius 1 is 1.00 bits per heavy atom. The van der Waals surface area contributed by atoms with Crippen LogP contribution in [0.15, 0.2) is 41.2 Å². The van der Waals surface area contributed by atoms with Crippen LogP contribution in [0.25, 0.3) is 10.9 Å². The summed E-state index contributed by atoms with van der Waals surface area (Å²) in [6.45, 7) is 4.21. The Morgan fingerprint density at radius 2 is 1.71 bits per heavy atom. The lowest BCUT2D eigenvalue weighted by molar-refractivity contribution is -0.120. The van der Waals surface area contributed by atoms with Crippen molar-refractivity contribution in [3.63, 3.8) is 0 Å². The quantitative estimate of drug-likeness (QED) is 0.689. The van der Waals surface area contributed by atoms with Crippen molar-refractivity contribution in [1.82, 2.24) is 10.3 Å². The molecule has 0 aliphatic heterocycles. The molecule has 3 aromatic rings. The van der Waals surface area contributed by atoms with E-state index in [0.717, 1.165) is 27.6 Å². The van der Waals surface area contributed by atoms with Gasteiger partial charge in [0, 0.05) is 17.6 Å². The molecule has 0 radical (unpaired) electrons. The van der Waals surface area contributed by atoms with Crippen LogP contribution < -0.4 is 20.3 Å². The first kappa shape index (κ1) is 19.5. The highest BCUT2D eigenvalue weighted by Gasteiger charge is 2.10. The number of aryl methyl sites for hydroxylation is 2. The molecular weight excluding hydrogens is 356 g/mol. The Labute approximate surface area is 163 Å². The third-order valence-electron chi connectivity index (χ3n) is 4.82. The van der Waals surface area contributed by atoms with Crippen LogP contribution in [0.5, 0.6) is 11.5 Å². The molecule has 0 bridgehead atoms. The Hall–Kier alpha value is -3.28. The summed E-state index contributed by atoms with van der Waals surface area (Å²) in [4.78, 5) is 27.5. The van der Waals surface area contributed by atoms with Crippen molar-refractivity contribution >= 4 is 16.8 Å². The maximum absolute atomic E-state index is 12.3. The fourth-order valence-electron chi connectivity index (χ4n) is 3.09. The van der Waals surface area contributed by atoms with Crippen LogP contribution in [0.3, 0.4) is 0 Å². The molecule has 0 unspecified atom stereocenters. The molecule has 0 fully saturated rings. The highest BCUT2D eigenvalue weighted by Crippen LogP contribution is 2.27. The van der Waals surface area contributed by atoms with Gasteiger partial charge in [-0.05, 0) is 66.3 Å². The molecule has 0 saturated carbocycles. The molecule has 6 nitrogen and oxygen atoms in total. The van der Waals surface area contributed by atoms with E-state index in [1.54, 1.807) is 26.4 Å². The maximum Gasteiger partial charge on any atom is 0.253 e. The van der Waals surface area contributed by atoms with Gasteiger partial charge in [-0.2, -0.15) is 0 Å². The van der Waals surface area contributed by atoms with Gasteiger partial charge in [0.05, 0.1) is 20.6 Å². The van der Waals surface area contributed by atoms with Crippen LogP contribution in [-0.4, -0.2) is 25.1 Å². The van der Waals surface area contributed by atoms with E-state index in [1.165, 1.54) is 0 Å². The molecule has 0 aliphatic rings. The minimum Gasteiger partial charge on any atom is -0.493 e. The third kappa shape index (κ3) is 4.17. The number of carbonyl (C=O) groups excluding carboxylic acids is 1. The second-order valence-electron chi connectivity index (χ2n) is 6.79. The number of hydrogen-bond donors (Lipinski definition) is 2. The number of hydrogen-bond acceptors (Lipinski definition) is 4. The fourth-order valence-corrected chi connectivity index (χ4v) is 3.09. The zero-order valence-corrected chi connectivity index (χ0v) is 16.5. The Morgan fingerprint density at radius 3 is 2.43 bits per heavy atom. The number of aromatic nitrogens is 1. The molecule has 6 heteroatoms. The van der Waals surface area contributed by atoms with Crippen molar-refractivity contribution in [2.75, 3.05) is 14.2 Å². The molecule has 0 spiro atoms. The smallest absolute Gasteiger partial charge is 0.253 e. The highest BCUT2D eigenvalue weighted by atomic mass is 16.5. The lowest BCUT2D eigenvalue weighted by atomic mass is 10.0. The highest BCUT2D eigenvalue weighted by molar-refractivity contribution is 5.81. The van der Waals surface area contributed by atoms with Crippen molar-refractivity contribution in [2.45, 2.75) is 26.8 Å². The van der Waals surface area contributed by atoms with Gasteiger partial charge in [-0.15, -0.1) is 0 Å². The topological polar surface area (TPSA) is 80.4 Å². The Bertz CT molecular complexity index is 1090. The molecule has 0 aliphatic carbocycles. The molecule has 1 amide bonds. The van der Waals surface area contributed by atoms with Gasteiger partial charge in [0.25, 0.3) is 5.56 Å². The van der Waals surface area contributed by atoms with Crippen LogP contribution in [0.2, 0.25) is 0 Å². The van der Waals surface area contributed by atoms with E-state index in [4.69, 9.17) is 9.47 Å². The second-order valence-corrected chi connectivity index (χ2v) is 6.79. The third-order valence-corrected chi connectivity index (χ3v) is 4.82. The summed E-state index contributed by atoms with van der Waals surface area (Å²) in [5, 5.41) is 3.76. The van der Waals surface area contributed by atoms with Gasteiger partial charge in [-0.25, -0.2) is 0 Å². The van der Waals surface area contributed by atoms with Gasteiger partial charge in [-0.1, -0.05) is 6.07 Å². The number of nitrogens with one attached hydrogen (secondary N) is 2. The van der Waals surface area contributed by atoms with Crippen LogP contribution >= 0.6 is 0 Å². The van der Waals surface area contributed by atoms with Crippen LogP contribution in [0.4, 0.5) is 0 Å². The second kappa shape index (κ2) is 8.17. The van der Waals surface area contributed by atoms with E-state index in [9.17, 15) is 9.59 Å². The van der Waals surface area contributed by atoms with Gasteiger partial charge in [0.15, 0.2) is 11.5 Å². The van der Waals surface area contributed by atoms with Crippen molar-refractivity contribution in [1.29, 1.82) is 0 Å². The van der Waals surface area contributed by atoms with Crippen molar-refractivity contribution in [3.8, 4) is 11.5 Å². The molecular formula is C22H24N2O4. The predicted molar refractivity (Wildman–Crippen MR) is 109 cm³/mol. The molecule has 2 N–H and O–H groups in total. The van der Waals surface area contributed by atoms with Gasteiger partial charge in [0.1, 0.15) is 0 Å². The zero-order valence-electron chi connectivity index (χ0n) is 16.5. The number of aromatic amines is 1. The number of H-pyrrole nitrogens is 1. The average molecular weight is 380 g/mol. The summed E-state index contributed by atoms with van der Waals surface area (Å²) in [7, 11) is 3.12. The number of carbonyl (C=O) groups is 1. The van der Waals surface area contributed by atoms with Crippen molar-refractivity contribution < 1.29 is 14.3 Å². The predicted octanol–water partition coefficient (Wildman–Crippen LogP) is 3.02. The van der Waals surface area contributed by atoms with Crippen LogP contribution in [0.1, 0.15) is 22.3 Å². The summed E-state index contributed by atoms with van der Waals surface area (Å²) in [5.74, 6) is 1.01. The molecule has 0 saturated heterocycles. The lowest BCUT2D eigenvalue weighted by Crippen LogP contribution is -2.28. The summed E-state index contributed by atoms with van der Waals surface area (Å²) in [6.07, 6.45) is 0.185. The van der Waals surface area contributed by atoms with E-state index < -0.39 is 0 Å². The lowest BCUT2D eigenvalue weighted by Gasteiger charge is -2.10. The normalized spacial score (nSPS) is 10.7. The molecule has 3 rings (SSSR count). The molecule has 0 atom stereocenters. The summed E-state index contributed by atoms with van der Waals surface area (Å²) in [6, 6.07) is 11.2. The Balaban J connectivity index is 1.71. The SMILES string of the molecule is COc1ccc(CC(=O)NCc2cc3cc(C)c(C)cc3[nH]c2=O)cc1OC. The standard InChI is InChI=1S/C22H24N2O4/c1-13-7-16-11-17(22(26)24-18(16)8-14(13)2)12-23-21(25)10-15-5-6-19(27-3)20(9-15)28-4/h5-9,11H,10,12H2,1-4H3,(H,23,25)(H,24,26). The van der Waals surface area contributed by atoms with Gasteiger partial charge in [0.2, 0.25) is 5.91 Å². The van der Waals surface area contributed by atoms with E-state index in [2.05, 4.69) is 10.3 Å². The number of pyridine rings is 1. The number of methoxy groups -OCH3 is 2. The zero-order chi connectivity index (χ0) is 20.3. The van der Waals surface area contributed by atoms with E-state index >= 15 is 0 Å². The van der Waals surface area contributed by atoms with Crippen molar-refractivity contribution in [2.24, 2.45) is 0 Å². The van der Waals surface area contributed by atoms with Crippen LogP contribution in [-0.2, 0) is 17.8 Å². The number of benzene rings is 2. The average Bonchev–Trinajstić information content (AvgIpc) is 2.67. The molecule has 1 aromatic heterocycles. The number of fused-ring (bicyclic) bond motifs is 1. The van der Waals surface area contributed by atoms with E-state index in [-0.39, 0.29) is 24.4 Å². The van der Waals surface area contributed by atoms with Crippen molar-refractivity contribution in [3.05, 3.63) is 69.0 Å². The molecule has 1 heterocycles. The molecule has 2 aromatic carbocycles. The maximum atomic E-state index is 12.3. The summed E-state index contributed by atoms with van der Waals surface area (Å²) >= 11 is 0. The van der Waals surface area contributed by atoms with Crippen LogP contribution in [0, 0.1) is 13.8 Å². The van der Waals surface area contributed by atoms with Gasteiger partial charge >= 0.3 is 0 Å². The first-order valence-corrected chi connectivity index (χ1v) is 9.02. The number of rotatable bonds is 6. The number of amides is 1. The molecule has 28 heavy (non-hydrogen) atoms. The van der Waals surface area contributed by atoms with E-state index in [1.807, 2.05) is 38.1 Å². The largest absolute Gasteiger partial charge is 0.493 e. The minimum absolute atomic E-state index is 0.171. The molecule has 146 valence electrons. The fraction of sp³-hybridized carbons (Fsp3) is 0.273. The van der Waals surface area contributed by atoms with Gasteiger partial charge in [-0.3, -0.25) is 9.59 Å². The minimum atomic E-state index is -0.192. The monoisotopic (exact) mass is 380 g/mol. The number of ether oxygens (including phenoxy) is 2. The Kier molecular flexibility index (Phi) is 5.68. The van der Waals surface area contributed by atoms with E-state index in [0.29, 0.717) is 17.1 Å². The first-order valence-electron chi connectivity index (χ1n) is 9.02. The summed E-state index contributed by atoms with van der Waals surface area (Å²) < 4.78 is 10.5. The summed E-state index contributed by atoms with van der Waals surface area (Å²) in [5.41, 5.74) is 4.21. The first-order chi connectivity index (χ1) is 13.4. The van der Waals surface area contributed by atoms with Gasteiger partial charge < -0.3 is 19.8 Å².